The summed E-state index contributed by atoms with van der Waals surface area (Å²) in [5, 5.41) is 9.28. The monoisotopic (exact) mass is 402 g/mol. The van der Waals surface area contributed by atoms with Crippen LogP contribution < -0.4 is 4.90 Å². The van der Waals surface area contributed by atoms with Gasteiger partial charge >= 0.3 is 6.18 Å². The van der Waals surface area contributed by atoms with Crippen LogP contribution in [0.15, 0.2) is 12.4 Å². The molecule has 10 heteroatoms. The van der Waals surface area contributed by atoms with Crippen molar-refractivity contribution in [3.63, 3.8) is 0 Å². The van der Waals surface area contributed by atoms with E-state index in [1.54, 1.807) is 6.92 Å². The van der Waals surface area contributed by atoms with Crippen molar-refractivity contribution in [3.8, 4) is 0 Å². The van der Waals surface area contributed by atoms with Gasteiger partial charge in [-0.25, -0.2) is 9.97 Å². The Morgan fingerprint density at radius 3 is 2.43 bits per heavy atom. The second-order valence-corrected chi connectivity index (χ2v) is 7.31. The number of alkyl halides is 3. The lowest BCUT2D eigenvalue weighted by Gasteiger charge is -2.36. The zero-order valence-corrected chi connectivity index (χ0v) is 15.7. The SMILES string of the molecule is CC(O)CCOC1CCN(C2CCN(c3ncc(C(F)(F)F)cn3)CC2)C1=O. The molecule has 1 aromatic heterocycles. The van der Waals surface area contributed by atoms with Crippen LogP contribution in [0.2, 0.25) is 0 Å². The molecule has 3 heterocycles. The van der Waals surface area contributed by atoms with Crippen LogP contribution in [0.5, 0.6) is 0 Å². The number of carbonyl (C=O) groups is 1. The van der Waals surface area contributed by atoms with Crippen LogP contribution in [0, 0.1) is 0 Å². The number of ether oxygens (including phenoxy) is 1. The first-order chi connectivity index (χ1) is 13.3. The number of halogens is 3. The normalized spacial score (nSPS) is 22.8. The fraction of sp³-hybridized carbons (Fsp3) is 0.722. The molecule has 2 fully saturated rings. The molecule has 2 atom stereocenters. The number of amides is 1. The van der Waals surface area contributed by atoms with Crippen LogP contribution in [-0.2, 0) is 15.7 Å². The third kappa shape index (κ3) is 4.91. The molecule has 2 aliphatic heterocycles. The van der Waals surface area contributed by atoms with Crippen molar-refractivity contribution in [3.05, 3.63) is 18.0 Å². The highest BCUT2D eigenvalue weighted by atomic mass is 19.4. The van der Waals surface area contributed by atoms with Gasteiger partial charge in [0.15, 0.2) is 0 Å². The predicted octanol–water partition coefficient (Wildman–Crippen LogP) is 1.85. The molecule has 1 amide bonds. The van der Waals surface area contributed by atoms with E-state index in [0.29, 0.717) is 51.9 Å². The van der Waals surface area contributed by atoms with Crippen molar-refractivity contribution in [1.29, 1.82) is 0 Å². The molecule has 3 rings (SSSR count). The van der Waals surface area contributed by atoms with E-state index < -0.39 is 23.9 Å². The van der Waals surface area contributed by atoms with Crippen LogP contribution in [0.1, 0.15) is 38.2 Å². The molecule has 0 aromatic carbocycles. The summed E-state index contributed by atoms with van der Waals surface area (Å²) in [6.45, 7) is 3.83. The van der Waals surface area contributed by atoms with E-state index in [4.69, 9.17) is 4.74 Å². The highest BCUT2D eigenvalue weighted by molar-refractivity contribution is 5.83. The van der Waals surface area contributed by atoms with Gasteiger partial charge in [-0.05, 0) is 26.2 Å². The number of hydrogen-bond donors (Lipinski definition) is 1. The number of hydrogen-bond acceptors (Lipinski definition) is 6. The van der Waals surface area contributed by atoms with Crippen LogP contribution in [-0.4, -0.2) is 70.4 Å². The van der Waals surface area contributed by atoms with Gasteiger partial charge < -0.3 is 19.6 Å². The molecule has 0 radical (unpaired) electrons. The van der Waals surface area contributed by atoms with Crippen molar-refractivity contribution in [2.24, 2.45) is 0 Å². The van der Waals surface area contributed by atoms with Crippen molar-refractivity contribution < 1.29 is 27.8 Å². The molecule has 0 spiro atoms. The van der Waals surface area contributed by atoms with E-state index in [1.165, 1.54) is 0 Å². The summed E-state index contributed by atoms with van der Waals surface area (Å²) in [6.07, 6.45) is -1.21. The first-order valence-electron chi connectivity index (χ1n) is 9.50. The third-order valence-corrected chi connectivity index (χ3v) is 5.20. The van der Waals surface area contributed by atoms with Gasteiger partial charge in [-0.2, -0.15) is 13.2 Å². The summed E-state index contributed by atoms with van der Waals surface area (Å²) in [4.78, 5) is 23.9. The smallest absolute Gasteiger partial charge is 0.393 e. The van der Waals surface area contributed by atoms with Crippen LogP contribution in [0.3, 0.4) is 0 Å². The molecule has 156 valence electrons. The average molecular weight is 402 g/mol. The zero-order valence-electron chi connectivity index (χ0n) is 15.7. The van der Waals surface area contributed by atoms with Crippen molar-refractivity contribution in [1.82, 2.24) is 14.9 Å². The Bertz CT molecular complexity index is 661. The number of rotatable bonds is 6. The standard InChI is InChI=1S/C18H25F3N4O3/c1-12(26)5-9-28-15-4-8-25(16(15)27)14-2-6-24(7-3-14)17-22-10-13(11-23-17)18(19,20)21/h10-12,14-15,26H,2-9H2,1H3. The van der Waals surface area contributed by atoms with Crippen molar-refractivity contribution >= 4 is 11.9 Å². The maximum absolute atomic E-state index is 12.6. The minimum Gasteiger partial charge on any atom is -0.393 e. The van der Waals surface area contributed by atoms with Gasteiger partial charge in [-0.3, -0.25) is 4.79 Å². The number of piperidine rings is 1. The summed E-state index contributed by atoms with van der Waals surface area (Å²) in [5.41, 5.74) is -0.865. The van der Waals surface area contributed by atoms with Gasteiger partial charge in [0.2, 0.25) is 5.95 Å². The number of nitrogens with zero attached hydrogens (tertiary/aromatic N) is 4. The first-order valence-corrected chi connectivity index (χ1v) is 9.50. The Balaban J connectivity index is 1.49. The number of carbonyl (C=O) groups excluding carboxylic acids is 1. The van der Waals surface area contributed by atoms with E-state index in [0.717, 1.165) is 12.4 Å². The van der Waals surface area contributed by atoms with Gasteiger partial charge in [0.1, 0.15) is 6.10 Å². The molecule has 28 heavy (non-hydrogen) atoms. The molecule has 0 bridgehead atoms. The van der Waals surface area contributed by atoms with Gasteiger partial charge in [0.25, 0.3) is 5.91 Å². The summed E-state index contributed by atoms with van der Waals surface area (Å²) < 4.78 is 43.5. The Hall–Kier alpha value is -1.94. The summed E-state index contributed by atoms with van der Waals surface area (Å²) in [7, 11) is 0. The van der Waals surface area contributed by atoms with Crippen LogP contribution >= 0.6 is 0 Å². The Kier molecular flexibility index (Phi) is 6.39. The van der Waals surface area contributed by atoms with Gasteiger partial charge in [0.05, 0.1) is 18.3 Å². The Morgan fingerprint density at radius 1 is 1.21 bits per heavy atom. The molecule has 1 aromatic rings. The van der Waals surface area contributed by atoms with E-state index in [1.807, 2.05) is 9.80 Å². The largest absolute Gasteiger partial charge is 0.419 e. The first kappa shape index (κ1) is 20.8. The lowest BCUT2D eigenvalue weighted by atomic mass is 10.0. The average Bonchev–Trinajstić information content (AvgIpc) is 3.02. The Morgan fingerprint density at radius 2 is 1.86 bits per heavy atom. The van der Waals surface area contributed by atoms with Gasteiger partial charge in [-0.15, -0.1) is 0 Å². The van der Waals surface area contributed by atoms with Crippen LogP contribution in [0.25, 0.3) is 0 Å². The summed E-state index contributed by atoms with van der Waals surface area (Å²) in [6, 6.07) is 0.0866. The quantitative estimate of drug-likeness (QED) is 0.783. The number of aliphatic hydroxyl groups is 1. The van der Waals surface area contributed by atoms with E-state index in [2.05, 4.69) is 9.97 Å². The molecule has 1 N–H and O–H groups in total. The predicted molar refractivity (Wildman–Crippen MR) is 94.6 cm³/mol. The van der Waals surface area contributed by atoms with Gasteiger partial charge in [0, 0.05) is 44.5 Å². The van der Waals surface area contributed by atoms with Crippen molar-refractivity contribution in [2.75, 3.05) is 31.1 Å². The molecule has 2 aliphatic rings. The minimum absolute atomic E-state index is 0.0187. The lowest BCUT2D eigenvalue weighted by Crippen LogP contribution is -2.47. The number of aromatic nitrogens is 2. The molecule has 0 aliphatic carbocycles. The van der Waals surface area contributed by atoms with Gasteiger partial charge in [-0.1, -0.05) is 0 Å². The molecule has 0 saturated carbocycles. The fourth-order valence-electron chi connectivity index (χ4n) is 3.58. The second kappa shape index (κ2) is 8.60. The number of anilines is 1. The van der Waals surface area contributed by atoms with E-state index >= 15 is 0 Å². The summed E-state index contributed by atoms with van der Waals surface area (Å²) in [5.74, 6) is 0.258. The van der Waals surface area contributed by atoms with Crippen molar-refractivity contribution in [2.45, 2.75) is 57.0 Å². The lowest BCUT2D eigenvalue weighted by molar-refractivity contribution is -0.140. The van der Waals surface area contributed by atoms with E-state index in [-0.39, 0.29) is 17.9 Å². The maximum atomic E-state index is 12.6. The van der Waals surface area contributed by atoms with E-state index in [9.17, 15) is 23.1 Å². The summed E-state index contributed by atoms with van der Waals surface area (Å²) >= 11 is 0. The fourth-order valence-corrected chi connectivity index (χ4v) is 3.58. The van der Waals surface area contributed by atoms with Crippen LogP contribution in [0.4, 0.5) is 19.1 Å². The zero-order chi connectivity index (χ0) is 20.3. The molecule has 2 unspecified atom stereocenters. The highest BCUT2D eigenvalue weighted by Crippen LogP contribution is 2.29. The second-order valence-electron chi connectivity index (χ2n) is 7.31. The Labute approximate surface area is 161 Å². The molecule has 7 nitrogen and oxygen atoms in total. The molecular weight excluding hydrogens is 377 g/mol. The minimum atomic E-state index is -4.45. The topological polar surface area (TPSA) is 78.8 Å². The molecular formula is C18H25F3N4O3. The third-order valence-electron chi connectivity index (χ3n) is 5.20. The maximum Gasteiger partial charge on any atom is 0.419 e. The number of aliphatic hydroxyl groups excluding tert-OH is 1. The molecule has 2 saturated heterocycles. The number of likely N-dealkylation sites (tertiary alicyclic amines) is 1. The highest BCUT2D eigenvalue weighted by Gasteiger charge is 2.38.